The number of nitrogens with zero attached hydrogens (tertiary/aromatic N) is 1. The van der Waals surface area contributed by atoms with Crippen LogP contribution < -0.4 is 10.1 Å². The SMILES string of the molecule is COc1ccc(/C(=C\C(=O)OC(C)(C)C)CCCNC(=O)OC(C)(C)C)cn1. The first-order chi connectivity index (χ1) is 12.9. The standard InChI is InChI=1S/C21H32N2O5/c1-20(2,3)27-18(24)13-15(16-10-11-17(26-7)23-14-16)9-8-12-22-19(25)28-21(4,5)6/h10-11,13-14H,8-9,12H2,1-7H3,(H,22,25)/b15-13-. The Labute approximate surface area is 167 Å². The Hall–Kier alpha value is -2.57. The molecule has 1 amide bonds. The molecule has 0 unspecified atom stereocenters. The van der Waals surface area contributed by atoms with E-state index in [0.29, 0.717) is 25.3 Å². The molecular weight excluding hydrogens is 360 g/mol. The van der Waals surface area contributed by atoms with Gasteiger partial charge in [0.1, 0.15) is 11.2 Å². The number of carbonyl (C=O) groups is 2. The molecule has 0 atom stereocenters. The van der Waals surface area contributed by atoms with Crippen LogP contribution in [0.5, 0.6) is 5.88 Å². The van der Waals surface area contributed by atoms with E-state index in [2.05, 4.69) is 10.3 Å². The quantitative estimate of drug-likeness (QED) is 0.427. The van der Waals surface area contributed by atoms with Crippen LogP contribution in [0.4, 0.5) is 4.79 Å². The smallest absolute Gasteiger partial charge is 0.407 e. The number of ether oxygens (including phenoxy) is 3. The second-order valence-corrected chi connectivity index (χ2v) is 8.32. The van der Waals surface area contributed by atoms with Crippen molar-refractivity contribution < 1.29 is 23.8 Å². The molecule has 0 aliphatic heterocycles. The number of alkyl carbamates (subject to hydrolysis) is 1. The van der Waals surface area contributed by atoms with Crippen LogP contribution in [-0.2, 0) is 14.3 Å². The number of esters is 1. The number of rotatable bonds is 7. The first-order valence-electron chi connectivity index (χ1n) is 9.30. The largest absolute Gasteiger partial charge is 0.481 e. The molecule has 0 fully saturated rings. The zero-order valence-electron chi connectivity index (χ0n) is 17.9. The number of nitrogens with one attached hydrogen (secondary N) is 1. The van der Waals surface area contributed by atoms with Gasteiger partial charge in [0.15, 0.2) is 0 Å². The minimum absolute atomic E-state index is 0.418. The molecule has 0 radical (unpaired) electrons. The van der Waals surface area contributed by atoms with Gasteiger partial charge < -0.3 is 19.5 Å². The van der Waals surface area contributed by atoms with Crippen molar-refractivity contribution in [1.82, 2.24) is 10.3 Å². The van der Waals surface area contributed by atoms with Gasteiger partial charge in [-0.1, -0.05) is 0 Å². The zero-order chi connectivity index (χ0) is 21.4. The Morgan fingerprint density at radius 3 is 2.21 bits per heavy atom. The average Bonchev–Trinajstić information content (AvgIpc) is 2.54. The van der Waals surface area contributed by atoms with E-state index in [1.807, 2.05) is 47.6 Å². The van der Waals surface area contributed by atoms with E-state index in [0.717, 1.165) is 11.1 Å². The van der Waals surface area contributed by atoms with Gasteiger partial charge in [-0.05, 0) is 71.6 Å². The highest BCUT2D eigenvalue weighted by Crippen LogP contribution is 2.22. The molecule has 1 aromatic rings. The molecule has 1 heterocycles. The molecule has 156 valence electrons. The number of amides is 1. The fourth-order valence-corrected chi connectivity index (χ4v) is 2.25. The lowest BCUT2D eigenvalue weighted by atomic mass is 10.0. The summed E-state index contributed by atoms with van der Waals surface area (Å²) in [6, 6.07) is 3.57. The van der Waals surface area contributed by atoms with Crippen molar-refractivity contribution in [3.63, 3.8) is 0 Å². The predicted octanol–water partition coefficient (Wildman–Crippen LogP) is 4.12. The number of pyridine rings is 1. The third-order valence-corrected chi connectivity index (χ3v) is 3.31. The number of aromatic nitrogens is 1. The summed E-state index contributed by atoms with van der Waals surface area (Å²) in [5.41, 5.74) is 0.453. The first kappa shape index (κ1) is 23.5. The Balaban J connectivity index is 2.78. The molecule has 0 aliphatic carbocycles. The lowest BCUT2D eigenvalue weighted by molar-refractivity contribution is -0.148. The van der Waals surface area contributed by atoms with Crippen LogP contribution in [0.25, 0.3) is 5.57 Å². The highest BCUT2D eigenvalue weighted by molar-refractivity contribution is 5.91. The fraction of sp³-hybridized carbons (Fsp3) is 0.571. The third kappa shape index (κ3) is 9.94. The van der Waals surface area contributed by atoms with Gasteiger partial charge in [0, 0.05) is 24.9 Å². The minimum Gasteiger partial charge on any atom is -0.481 e. The predicted molar refractivity (Wildman–Crippen MR) is 108 cm³/mol. The van der Waals surface area contributed by atoms with Crippen LogP contribution in [-0.4, -0.2) is 41.9 Å². The van der Waals surface area contributed by atoms with Gasteiger partial charge in [0.2, 0.25) is 5.88 Å². The van der Waals surface area contributed by atoms with E-state index in [9.17, 15) is 9.59 Å². The first-order valence-corrected chi connectivity index (χ1v) is 9.30. The Kier molecular flexibility index (Phi) is 8.47. The summed E-state index contributed by atoms with van der Waals surface area (Å²) in [7, 11) is 1.54. The molecule has 1 rings (SSSR count). The van der Waals surface area contributed by atoms with Crippen LogP contribution >= 0.6 is 0 Å². The third-order valence-electron chi connectivity index (χ3n) is 3.31. The van der Waals surface area contributed by atoms with Crippen LogP contribution in [0.1, 0.15) is 59.9 Å². The van der Waals surface area contributed by atoms with Crippen molar-refractivity contribution in [1.29, 1.82) is 0 Å². The van der Waals surface area contributed by atoms with E-state index in [4.69, 9.17) is 14.2 Å². The van der Waals surface area contributed by atoms with E-state index in [1.54, 1.807) is 19.4 Å². The number of hydrogen-bond acceptors (Lipinski definition) is 6. The van der Waals surface area contributed by atoms with Gasteiger partial charge in [-0.25, -0.2) is 14.6 Å². The topological polar surface area (TPSA) is 86.8 Å². The lowest BCUT2D eigenvalue weighted by Crippen LogP contribution is -2.33. The van der Waals surface area contributed by atoms with Crippen molar-refractivity contribution in [3.8, 4) is 5.88 Å². The van der Waals surface area contributed by atoms with Crippen molar-refractivity contribution in [2.75, 3.05) is 13.7 Å². The van der Waals surface area contributed by atoms with Gasteiger partial charge in [-0.15, -0.1) is 0 Å². The van der Waals surface area contributed by atoms with Gasteiger partial charge >= 0.3 is 12.1 Å². The summed E-state index contributed by atoms with van der Waals surface area (Å²) < 4.78 is 15.7. The summed E-state index contributed by atoms with van der Waals surface area (Å²) in [5.74, 6) is 0.0744. The van der Waals surface area contributed by atoms with Gasteiger partial charge in [0.05, 0.1) is 7.11 Å². The highest BCUT2D eigenvalue weighted by Gasteiger charge is 2.17. The van der Waals surface area contributed by atoms with Gasteiger partial charge in [-0.3, -0.25) is 0 Å². The number of methoxy groups -OCH3 is 1. The Morgan fingerprint density at radius 2 is 1.71 bits per heavy atom. The number of carbonyl (C=O) groups excluding carboxylic acids is 2. The molecular formula is C21H32N2O5. The zero-order valence-corrected chi connectivity index (χ0v) is 17.9. The fourth-order valence-electron chi connectivity index (χ4n) is 2.25. The summed E-state index contributed by atoms with van der Waals surface area (Å²) in [6.45, 7) is 11.3. The van der Waals surface area contributed by atoms with Gasteiger partial charge in [-0.2, -0.15) is 0 Å². The molecule has 0 saturated carbocycles. The second kappa shape index (κ2) is 10.1. The monoisotopic (exact) mass is 392 g/mol. The van der Waals surface area contributed by atoms with E-state index in [1.165, 1.54) is 6.08 Å². The van der Waals surface area contributed by atoms with Crippen LogP contribution in [0.2, 0.25) is 0 Å². The maximum absolute atomic E-state index is 12.2. The molecule has 0 bridgehead atoms. The maximum Gasteiger partial charge on any atom is 0.407 e. The lowest BCUT2D eigenvalue weighted by Gasteiger charge is -2.20. The Morgan fingerprint density at radius 1 is 1.07 bits per heavy atom. The van der Waals surface area contributed by atoms with E-state index in [-0.39, 0.29) is 0 Å². The summed E-state index contributed by atoms with van der Waals surface area (Å²) in [5, 5.41) is 2.72. The number of hydrogen-bond donors (Lipinski definition) is 1. The van der Waals surface area contributed by atoms with E-state index >= 15 is 0 Å². The molecule has 1 aromatic heterocycles. The molecule has 0 aliphatic rings. The molecule has 7 nitrogen and oxygen atoms in total. The van der Waals surface area contributed by atoms with E-state index < -0.39 is 23.3 Å². The van der Waals surface area contributed by atoms with Crippen LogP contribution in [0.15, 0.2) is 24.4 Å². The van der Waals surface area contributed by atoms with Crippen molar-refractivity contribution >= 4 is 17.6 Å². The molecule has 28 heavy (non-hydrogen) atoms. The van der Waals surface area contributed by atoms with Crippen LogP contribution in [0, 0.1) is 0 Å². The minimum atomic E-state index is -0.574. The normalized spacial score (nSPS) is 12.3. The number of allylic oxidation sites excluding steroid dienone is 1. The maximum atomic E-state index is 12.2. The summed E-state index contributed by atoms with van der Waals surface area (Å²) in [4.78, 5) is 28.2. The summed E-state index contributed by atoms with van der Waals surface area (Å²) >= 11 is 0. The molecule has 0 saturated heterocycles. The molecule has 1 N–H and O–H groups in total. The second-order valence-electron chi connectivity index (χ2n) is 8.32. The van der Waals surface area contributed by atoms with Crippen molar-refractivity contribution in [2.45, 2.75) is 65.6 Å². The molecule has 7 heteroatoms. The van der Waals surface area contributed by atoms with Gasteiger partial charge in [0.25, 0.3) is 0 Å². The summed E-state index contributed by atoms with van der Waals surface area (Å²) in [6.07, 6.45) is 3.85. The molecule has 0 spiro atoms. The molecule has 0 aromatic carbocycles. The van der Waals surface area contributed by atoms with Crippen LogP contribution in [0.3, 0.4) is 0 Å². The van der Waals surface area contributed by atoms with Crippen molar-refractivity contribution in [2.24, 2.45) is 0 Å². The Bertz CT molecular complexity index is 682. The van der Waals surface area contributed by atoms with Crippen molar-refractivity contribution in [3.05, 3.63) is 30.0 Å². The highest BCUT2D eigenvalue weighted by atomic mass is 16.6. The average molecular weight is 392 g/mol.